The molecule has 5 nitrogen and oxygen atoms in total. The number of carbonyl (C=O) groups is 2. The molecule has 0 saturated heterocycles. The van der Waals surface area contributed by atoms with Crippen LogP contribution in [0.15, 0.2) is 49.0 Å². The van der Waals surface area contributed by atoms with E-state index in [0.29, 0.717) is 15.6 Å². The van der Waals surface area contributed by atoms with Gasteiger partial charge in [-0.15, -0.1) is 0 Å². The zero-order chi connectivity index (χ0) is 21.8. The van der Waals surface area contributed by atoms with Gasteiger partial charge in [-0.1, -0.05) is 48.0 Å². The van der Waals surface area contributed by atoms with E-state index in [2.05, 4.69) is 6.58 Å². The van der Waals surface area contributed by atoms with Crippen LogP contribution >= 0.6 is 23.2 Å². The molecular weight excluding hydrogens is 411 g/mol. The summed E-state index contributed by atoms with van der Waals surface area (Å²) in [5.41, 5.74) is 0.838. The third-order valence-corrected chi connectivity index (χ3v) is 4.49. The SMILES string of the molecule is C=Cc1ccc(C(=O)N(COC)N(C(=O)c2cc(Cl)cc(Cl)c2)C(C)(C)C)cc1. The standard InChI is InChI=1S/C22H24Cl2N2O3/c1-6-15-7-9-16(10-8-15)20(27)25(14-29-5)26(22(2,3)4)21(28)17-11-18(23)13-19(24)12-17/h6-13H,1,14H2,2-5H3. The summed E-state index contributed by atoms with van der Waals surface area (Å²) < 4.78 is 5.24. The van der Waals surface area contributed by atoms with Crippen molar-refractivity contribution in [2.24, 2.45) is 0 Å². The van der Waals surface area contributed by atoms with Crippen molar-refractivity contribution in [1.82, 2.24) is 10.0 Å². The van der Waals surface area contributed by atoms with Crippen LogP contribution in [0.2, 0.25) is 10.0 Å². The molecule has 0 aliphatic heterocycles. The number of amides is 2. The van der Waals surface area contributed by atoms with E-state index in [1.165, 1.54) is 29.3 Å². The second kappa shape index (κ2) is 9.44. The molecule has 0 unspecified atom stereocenters. The lowest BCUT2D eigenvalue weighted by atomic mass is 10.1. The summed E-state index contributed by atoms with van der Waals surface area (Å²) in [7, 11) is 1.46. The summed E-state index contributed by atoms with van der Waals surface area (Å²) in [5.74, 6) is -0.797. The Balaban J connectivity index is 2.51. The minimum absolute atomic E-state index is 0.112. The second-order valence-corrected chi connectivity index (χ2v) is 8.27. The Bertz CT molecular complexity index is 885. The van der Waals surface area contributed by atoms with E-state index in [1.807, 2.05) is 20.8 Å². The molecule has 7 heteroatoms. The van der Waals surface area contributed by atoms with Crippen LogP contribution in [0.3, 0.4) is 0 Å². The van der Waals surface area contributed by atoms with Crippen LogP contribution in [0, 0.1) is 0 Å². The molecule has 2 rings (SSSR count). The Morgan fingerprint density at radius 3 is 2.00 bits per heavy atom. The first kappa shape index (κ1) is 22.9. The summed E-state index contributed by atoms with van der Waals surface area (Å²) in [5, 5.41) is 3.31. The van der Waals surface area contributed by atoms with Crippen LogP contribution in [0.5, 0.6) is 0 Å². The number of hydrogen-bond acceptors (Lipinski definition) is 3. The van der Waals surface area contributed by atoms with Gasteiger partial charge < -0.3 is 4.74 Å². The van der Waals surface area contributed by atoms with Gasteiger partial charge in [0.1, 0.15) is 6.73 Å². The Kier molecular flexibility index (Phi) is 7.47. The van der Waals surface area contributed by atoms with Crippen LogP contribution in [-0.4, -0.2) is 41.2 Å². The van der Waals surface area contributed by atoms with Gasteiger partial charge in [-0.3, -0.25) is 9.59 Å². The smallest absolute Gasteiger partial charge is 0.274 e. The molecule has 0 aromatic heterocycles. The number of methoxy groups -OCH3 is 1. The molecule has 0 radical (unpaired) electrons. The van der Waals surface area contributed by atoms with E-state index in [4.69, 9.17) is 27.9 Å². The van der Waals surface area contributed by atoms with Crippen LogP contribution in [-0.2, 0) is 4.74 Å². The number of halogens is 2. The van der Waals surface area contributed by atoms with Gasteiger partial charge in [0.2, 0.25) is 0 Å². The fraction of sp³-hybridized carbons (Fsp3) is 0.273. The Morgan fingerprint density at radius 2 is 1.55 bits per heavy atom. The number of ether oxygens (including phenoxy) is 1. The van der Waals surface area contributed by atoms with E-state index in [1.54, 1.807) is 36.4 Å². The lowest BCUT2D eigenvalue weighted by Gasteiger charge is -2.43. The highest BCUT2D eigenvalue weighted by molar-refractivity contribution is 6.35. The fourth-order valence-electron chi connectivity index (χ4n) is 2.82. The second-order valence-electron chi connectivity index (χ2n) is 7.39. The third kappa shape index (κ3) is 5.60. The number of carbonyl (C=O) groups excluding carboxylic acids is 2. The zero-order valence-electron chi connectivity index (χ0n) is 16.9. The van der Waals surface area contributed by atoms with Gasteiger partial charge in [-0.2, -0.15) is 0 Å². The first-order valence-electron chi connectivity index (χ1n) is 8.92. The van der Waals surface area contributed by atoms with Gasteiger partial charge in [0.25, 0.3) is 11.8 Å². The van der Waals surface area contributed by atoms with E-state index < -0.39 is 11.4 Å². The first-order chi connectivity index (χ1) is 13.6. The molecule has 0 bridgehead atoms. The van der Waals surface area contributed by atoms with Crippen LogP contribution in [0.4, 0.5) is 0 Å². The maximum absolute atomic E-state index is 13.4. The monoisotopic (exact) mass is 434 g/mol. The van der Waals surface area contributed by atoms with Gasteiger partial charge in [0, 0.05) is 28.3 Å². The number of hydrazine groups is 1. The third-order valence-electron chi connectivity index (χ3n) is 4.06. The zero-order valence-corrected chi connectivity index (χ0v) is 18.4. The highest BCUT2D eigenvalue weighted by atomic mass is 35.5. The fourth-order valence-corrected chi connectivity index (χ4v) is 3.34. The highest BCUT2D eigenvalue weighted by Gasteiger charge is 2.36. The van der Waals surface area contributed by atoms with E-state index in [9.17, 15) is 9.59 Å². The predicted molar refractivity (Wildman–Crippen MR) is 117 cm³/mol. The average Bonchev–Trinajstić information content (AvgIpc) is 2.65. The minimum atomic E-state index is -0.735. The number of hydrogen-bond donors (Lipinski definition) is 0. The van der Waals surface area contributed by atoms with Gasteiger partial charge in [-0.05, 0) is 56.7 Å². The lowest BCUT2D eigenvalue weighted by molar-refractivity contribution is -0.0863. The van der Waals surface area contributed by atoms with Crippen molar-refractivity contribution >= 4 is 41.1 Å². The normalized spacial score (nSPS) is 11.1. The maximum Gasteiger partial charge on any atom is 0.274 e. The van der Waals surface area contributed by atoms with Crippen molar-refractivity contribution in [3.63, 3.8) is 0 Å². The van der Waals surface area contributed by atoms with E-state index in [0.717, 1.165) is 5.56 Å². The van der Waals surface area contributed by atoms with Crippen molar-refractivity contribution in [2.45, 2.75) is 26.3 Å². The minimum Gasteiger partial charge on any atom is -0.362 e. The summed E-state index contributed by atoms with van der Waals surface area (Å²) in [6.45, 7) is 9.08. The molecule has 2 aromatic carbocycles. The number of rotatable bonds is 5. The molecule has 0 saturated carbocycles. The van der Waals surface area contributed by atoms with Gasteiger partial charge in [0.15, 0.2) is 0 Å². The molecule has 29 heavy (non-hydrogen) atoms. The summed E-state index contributed by atoms with van der Waals surface area (Å²) in [6, 6.07) is 11.5. The van der Waals surface area contributed by atoms with Crippen molar-refractivity contribution in [2.75, 3.05) is 13.8 Å². The van der Waals surface area contributed by atoms with E-state index in [-0.39, 0.29) is 18.2 Å². The summed E-state index contributed by atoms with van der Waals surface area (Å²) in [4.78, 5) is 26.7. The molecule has 0 fully saturated rings. The molecule has 0 atom stereocenters. The molecule has 2 amide bonds. The lowest BCUT2D eigenvalue weighted by Crippen LogP contribution is -2.58. The molecule has 0 aliphatic carbocycles. The molecule has 2 aromatic rings. The highest BCUT2D eigenvalue weighted by Crippen LogP contribution is 2.26. The topological polar surface area (TPSA) is 49.9 Å². The Labute approximate surface area is 181 Å². The maximum atomic E-state index is 13.4. The molecular formula is C22H24Cl2N2O3. The molecule has 0 N–H and O–H groups in total. The largest absolute Gasteiger partial charge is 0.362 e. The van der Waals surface area contributed by atoms with Gasteiger partial charge >= 0.3 is 0 Å². The summed E-state index contributed by atoms with van der Waals surface area (Å²) >= 11 is 12.1. The first-order valence-corrected chi connectivity index (χ1v) is 9.68. The van der Waals surface area contributed by atoms with Crippen LogP contribution < -0.4 is 0 Å². The Hall–Kier alpha value is -2.34. The molecule has 0 aliphatic rings. The molecule has 0 spiro atoms. The van der Waals surface area contributed by atoms with E-state index >= 15 is 0 Å². The Morgan fingerprint density at radius 1 is 1.00 bits per heavy atom. The molecule has 0 heterocycles. The number of nitrogens with zero attached hydrogens (tertiary/aromatic N) is 2. The number of benzene rings is 2. The van der Waals surface area contributed by atoms with Crippen molar-refractivity contribution in [1.29, 1.82) is 0 Å². The van der Waals surface area contributed by atoms with Gasteiger partial charge in [0.05, 0.1) is 5.54 Å². The van der Waals surface area contributed by atoms with Gasteiger partial charge in [-0.25, -0.2) is 10.0 Å². The average molecular weight is 435 g/mol. The van der Waals surface area contributed by atoms with Crippen molar-refractivity contribution in [3.8, 4) is 0 Å². The quantitative estimate of drug-likeness (QED) is 0.458. The summed E-state index contributed by atoms with van der Waals surface area (Å²) in [6.07, 6.45) is 1.69. The van der Waals surface area contributed by atoms with Crippen LogP contribution in [0.25, 0.3) is 6.08 Å². The molecule has 154 valence electrons. The van der Waals surface area contributed by atoms with Crippen molar-refractivity contribution < 1.29 is 14.3 Å². The predicted octanol–water partition coefficient (Wildman–Crippen LogP) is 5.54. The van der Waals surface area contributed by atoms with Crippen molar-refractivity contribution in [3.05, 3.63) is 75.8 Å². The van der Waals surface area contributed by atoms with Crippen LogP contribution in [0.1, 0.15) is 47.1 Å².